The molecule has 2 N–H and O–H groups in total. The molecule has 0 saturated heterocycles. The van der Waals surface area contributed by atoms with Gasteiger partial charge in [-0.3, -0.25) is 4.79 Å². The van der Waals surface area contributed by atoms with Crippen LogP contribution in [0.15, 0.2) is 46.9 Å². The minimum absolute atomic E-state index is 0.180. The molecular formula is C17H15BrFNO. The number of benzene rings is 2. The number of nitrogens with two attached hydrogens (primary N) is 1. The van der Waals surface area contributed by atoms with Crippen molar-refractivity contribution < 1.29 is 9.18 Å². The first kappa shape index (κ1) is 14.3. The van der Waals surface area contributed by atoms with Crippen LogP contribution in [-0.4, -0.2) is 5.78 Å². The Hall–Kier alpha value is -1.68. The summed E-state index contributed by atoms with van der Waals surface area (Å²) in [6.07, 6.45) is 2.05. The first-order chi connectivity index (χ1) is 10.0. The number of halogens is 2. The van der Waals surface area contributed by atoms with Gasteiger partial charge in [-0.25, -0.2) is 4.39 Å². The zero-order valence-corrected chi connectivity index (χ0v) is 13.0. The quantitative estimate of drug-likeness (QED) is 0.849. The Morgan fingerprint density at radius 3 is 2.43 bits per heavy atom. The van der Waals surface area contributed by atoms with E-state index in [0.717, 1.165) is 24.0 Å². The van der Waals surface area contributed by atoms with Crippen molar-refractivity contribution in [2.45, 2.75) is 24.7 Å². The summed E-state index contributed by atoms with van der Waals surface area (Å²) in [6.45, 7) is 0. The molecule has 1 saturated carbocycles. The number of carbonyl (C=O) groups excluding carboxylic acids is 1. The molecule has 0 amide bonds. The molecular weight excluding hydrogens is 333 g/mol. The number of anilines is 1. The topological polar surface area (TPSA) is 43.1 Å². The summed E-state index contributed by atoms with van der Waals surface area (Å²) in [7, 11) is 0. The lowest BCUT2D eigenvalue weighted by Crippen LogP contribution is -2.22. The SMILES string of the molecule is Nc1ccc(C2(C(=O)Cc3ccc(F)cc3Br)CC2)cc1. The average molecular weight is 348 g/mol. The third kappa shape index (κ3) is 2.72. The van der Waals surface area contributed by atoms with Gasteiger partial charge < -0.3 is 5.73 Å². The Bertz CT molecular complexity index is 692. The summed E-state index contributed by atoms with van der Waals surface area (Å²) in [5.74, 6) is -0.127. The van der Waals surface area contributed by atoms with Crippen molar-refractivity contribution in [1.29, 1.82) is 0 Å². The molecule has 108 valence electrons. The third-order valence-corrected chi connectivity index (χ3v) is 4.85. The molecule has 1 aliphatic rings. The summed E-state index contributed by atoms with van der Waals surface area (Å²) < 4.78 is 13.7. The first-order valence-electron chi connectivity index (χ1n) is 6.84. The molecule has 2 nitrogen and oxygen atoms in total. The van der Waals surface area contributed by atoms with Crippen LogP contribution in [0.4, 0.5) is 10.1 Å². The van der Waals surface area contributed by atoms with Crippen molar-refractivity contribution in [3.8, 4) is 0 Å². The number of hydrogen-bond acceptors (Lipinski definition) is 2. The second-order valence-electron chi connectivity index (χ2n) is 5.54. The lowest BCUT2D eigenvalue weighted by molar-refractivity contribution is -0.120. The van der Waals surface area contributed by atoms with Crippen LogP contribution in [0.25, 0.3) is 0 Å². The van der Waals surface area contributed by atoms with Crippen LogP contribution in [0.5, 0.6) is 0 Å². The van der Waals surface area contributed by atoms with Crippen LogP contribution in [0.2, 0.25) is 0 Å². The van der Waals surface area contributed by atoms with Gasteiger partial charge in [0.2, 0.25) is 0 Å². The second kappa shape index (κ2) is 5.26. The summed E-state index contributed by atoms with van der Waals surface area (Å²) in [5, 5.41) is 0. The molecule has 2 aromatic rings. The van der Waals surface area contributed by atoms with E-state index in [0.29, 0.717) is 16.6 Å². The molecule has 2 aromatic carbocycles. The number of ketones is 1. The number of rotatable bonds is 4. The van der Waals surface area contributed by atoms with Crippen molar-refractivity contribution in [2.24, 2.45) is 0 Å². The summed E-state index contributed by atoms with van der Waals surface area (Å²) in [6, 6.07) is 12.0. The molecule has 1 aliphatic carbocycles. The molecule has 1 fully saturated rings. The lowest BCUT2D eigenvalue weighted by Gasteiger charge is -2.15. The molecule has 0 bridgehead atoms. The molecule has 21 heavy (non-hydrogen) atoms. The third-order valence-electron chi connectivity index (χ3n) is 4.11. The van der Waals surface area contributed by atoms with Gasteiger partial charge in [0, 0.05) is 16.6 Å². The zero-order chi connectivity index (χ0) is 15.0. The van der Waals surface area contributed by atoms with E-state index in [1.54, 1.807) is 6.07 Å². The van der Waals surface area contributed by atoms with Crippen LogP contribution < -0.4 is 5.73 Å². The van der Waals surface area contributed by atoms with Gasteiger partial charge in [0.25, 0.3) is 0 Å². The molecule has 0 heterocycles. The van der Waals surface area contributed by atoms with Gasteiger partial charge >= 0.3 is 0 Å². The minimum atomic E-state index is -0.373. The number of carbonyl (C=O) groups is 1. The number of hydrogen-bond donors (Lipinski definition) is 1. The summed E-state index contributed by atoms with van der Waals surface area (Å²) >= 11 is 3.32. The maximum absolute atomic E-state index is 13.1. The molecule has 0 atom stereocenters. The van der Waals surface area contributed by atoms with Crippen LogP contribution in [0.3, 0.4) is 0 Å². The highest BCUT2D eigenvalue weighted by molar-refractivity contribution is 9.10. The predicted molar refractivity (Wildman–Crippen MR) is 84.6 cm³/mol. The maximum atomic E-state index is 13.1. The van der Waals surface area contributed by atoms with Gasteiger partial charge in [-0.05, 0) is 48.2 Å². The smallest absolute Gasteiger partial charge is 0.147 e. The Kier molecular flexibility index (Phi) is 3.57. The highest BCUT2D eigenvalue weighted by Crippen LogP contribution is 2.49. The molecule has 0 unspecified atom stereocenters. The monoisotopic (exact) mass is 347 g/mol. The summed E-state index contributed by atoms with van der Waals surface area (Å²) in [5.41, 5.74) is 7.87. The van der Waals surface area contributed by atoms with Gasteiger partial charge in [-0.1, -0.05) is 34.1 Å². The van der Waals surface area contributed by atoms with E-state index in [4.69, 9.17) is 5.73 Å². The van der Waals surface area contributed by atoms with Crippen LogP contribution in [0.1, 0.15) is 24.0 Å². The van der Waals surface area contributed by atoms with E-state index in [2.05, 4.69) is 15.9 Å². The van der Waals surface area contributed by atoms with Gasteiger partial charge in [0.1, 0.15) is 11.6 Å². The average Bonchev–Trinajstić information content (AvgIpc) is 3.24. The standard InChI is InChI=1S/C17H15BrFNO/c18-15-10-13(19)4-1-11(15)9-16(21)17(7-8-17)12-2-5-14(20)6-3-12/h1-6,10H,7-9,20H2. The van der Waals surface area contributed by atoms with Gasteiger partial charge in [0.05, 0.1) is 5.41 Å². The first-order valence-corrected chi connectivity index (χ1v) is 7.64. The van der Waals surface area contributed by atoms with E-state index in [-0.39, 0.29) is 17.0 Å². The van der Waals surface area contributed by atoms with Crippen molar-refractivity contribution in [2.75, 3.05) is 5.73 Å². The lowest BCUT2D eigenvalue weighted by atomic mass is 9.88. The number of Topliss-reactive ketones (excluding diaryl/α,β-unsaturated/α-hetero) is 1. The number of nitrogen functional groups attached to an aromatic ring is 1. The van der Waals surface area contributed by atoms with Crippen molar-refractivity contribution in [1.82, 2.24) is 0 Å². The fraction of sp³-hybridized carbons (Fsp3) is 0.235. The van der Waals surface area contributed by atoms with Gasteiger partial charge in [-0.2, -0.15) is 0 Å². The Labute approximate surface area is 131 Å². The zero-order valence-electron chi connectivity index (χ0n) is 11.4. The molecule has 0 radical (unpaired) electrons. The largest absolute Gasteiger partial charge is 0.399 e. The molecule has 4 heteroatoms. The highest BCUT2D eigenvalue weighted by Gasteiger charge is 2.50. The molecule has 3 rings (SSSR count). The van der Waals surface area contributed by atoms with E-state index in [1.807, 2.05) is 24.3 Å². The minimum Gasteiger partial charge on any atom is -0.399 e. The van der Waals surface area contributed by atoms with E-state index in [9.17, 15) is 9.18 Å². The molecule has 0 spiro atoms. The normalized spacial score (nSPS) is 15.7. The van der Waals surface area contributed by atoms with Gasteiger partial charge in [-0.15, -0.1) is 0 Å². The van der Waals surface area contributed by atoms with Crippen LogP contribution in [0, 0.1) is 5.82 Å². The maximum Gasteiger partial charge on any atom is 0.147 e. The van der Waals surface area contributed by atoms with Crippen molar-refractivity contribution >= 4 is 27.4 Å². The summed E-state index contributed by atoms with van der Waals surface area (Å²) in [4.78, 5) is 12.7. The van der Waals surface area contributed by atoms with Crippen molar-refractivity contribution in [3.05, 3.63) is 63.9 Å². The van der Waals surface area contributed by atoms with Crippen LogP contribution in [-0.2, 0) is 16.6 Å². The van der Waals surface area contributed by atoms with Crippen LogP contribution >= 0.6 is 15.9 Å². The van der Waals surface area contributed by atoms with Gasteiger partial charge in [0.15, 0.2) is 0 Å². The van der Waals surface area contributed by atoms with E-state index < -0.39 is 0 Å². The highest BCUT2D eigenvalue weighted by atomic mass is 79.9. The Morgan fingerprint density at radius 2 is 1.86 bits per heavy atom. The fourth-order valence-corrected chi connectivity index (χ4v) is 3.15. The Balaban J connectivity index is 1.83. The predicted octanol–water partition coefficient (Wildman–Crippen LogP) is 4.01. The van der Waals surface area contributed by atoms with Crippen molar-refractivity contribution in [3.63, 3.8) is 0 Å². The van der Waals surface area contributed by atoms with E-state index in [1.165, 1.54) is 12.1 Å². The molecule has 0 aliphatic heterocycles. The second-order valence-corrected chi connectivity index (χ2v) is 6.39. The Morgan fingerprint density at radius 1 is 1.19 bits per heavy atom. The molecule has 0 aromatic heterocycles. The van der Waals surface area contributed by atoms with E-state index >= 15 is 0 Å². The fourth-order valence-electron chi connectivity index (χ4n) is 2.66.